The molecule has 0 aliphatic carbocycles. The molecule has 0 fully saturated rings. The van der Waals surface area contributed by atoms with Gasteiger partial charge in [-0.05, 0) is 23.2 Å². The second-order valence-electron chi connectivity index (χ2n) is 1.92. The summed E-state index contributed by atoms with van der Waals surface area (Å²) < 4.78 is 60.8. The topological polar surface area (TPSA) is 17.1 Å². The van der Waals surface area contributed by atoms with E-state index >= 15 is 0 Å². The molecule has 1 atom stereocenters. The second kappa shape index (κ2) is 3.40. The predicted molar refractivity (Wildman–Crippen MR) is 36.3 cm³/mol. The number of carbonyl (C=O) groups excluding carboxylic acids is 1. The van der Waals surface area contributed by atoms with E-state index in [9.17, 15) is 26.7 Å². The Balaban J connectivity index is 5.16. The zero-order chi connectivity index (χ0) is 11.1. The van der Waals surface area contributed by atoms with Gasteiger partial charge in [-0.3, -0.25) is 4.79 Å². The smallest absolute Gasteiger partial charge is 0.274 e. The Labute approximate surface area is 83.7 Å². The number of hydrogen-bond acceptors (Lipinski definition) is 1. The van der Waals surface area contributed by atoms with Gasteiger partial charge in [0, 0.05) is 0 Å². The molecule has 0 aliphatic rings. The summed E-state index contributed by atoms with van der Waals surface area (Å²) in [6, 6.07) is 0. The van der Waals surface area contributed by atoms with Crippen molar-refractivity contribution in [3.63, 3.8) is 0 Å². The number of alkyl halides is 7. The first-order valence-electron chi connectivity index (χ1n) is 2.47. The fourth-order valence-corrected chi connectivity index (χ4v) is 0.685. The molecule has 0 heterocycles. The number of hydrogen-bond donors (Lipinski definition) is 0. The first kappa shape index (κ1) is 13.2. The maximum Gasteiger partial charge on any atom is 0.375 e. The quantitative estimate of drug-likeness (QED) is 0.435. The van der Waals surface area contributed by atoms with Gasteiger partial charge in [0.1, 0.15) is 0 Å². The lowest BCUT2D eigenvalue weighted by molar-refractivity contribution is -0.176. The van der Waals surface area contributed by atoms with Crippen molar-refractivity contribution in [3.05, 3.63) is 0 Å². The van der Waals surface area contributed by atoms with E-state index in [1.54, 1.807) is 0 Å². The Kier molecular flexibility index (Phi) is 3.45. The van der Waals surface area contributed by atoms with Crippen LogP contribution in [0.2, 0.25) is 0 Å². The summed E-state index contributed by atoms with van der Waals surface area (Å²) in [5.74, 6) is -5.28. The maximum absolute atomic E-state index is 12.5. The van der Waals surface area contributed by atoms with Crippen LogP contribution in [0.3, 0.4) is 0 Å². The Morgan fingerprint density at radius 2 is 1.31 bits per heavy atom. The van der Waals surface area contributed by atoms with Crippen LogP contribution >= 0.6 is 34.8 Å². The molecule has 13 heavy (non-hydrogen) atoms. The van der Waals surface area contributed by atoms with E-state index < -0.39 is 21.7 Å². The first-order chi connectivity index (χ1) is 5.44. The van der Waals surface area contributed by atoms with Crippen molar-refractivity contribution < 1.29 is 26.7 Å². The van der Waals surface area contributed by atoms with Crippen LogP contribution in [0.1, 0.15) is 0 Å². The molecule has 1 unspecified atom stereocenters. The summed E-state index contributed by atoms with van der Waals surface area (Å²) in [5.41, 5.74) is 0. The summed E-state index contributed by atoms with van der Waals surface area (Å²) in [6.45, 7) is 0. The molecule has 78 valence electrons. The zero-order valence-electron chi connectivity index (χ0n) is 5.43. The molecule has 1 nitrogen and oxygen atoms in total. The van der Waals surface area contributed by atoms with Gasteiger partial charge < -0.3 is 0 Å². The molecule has 0 aliphatic heterocycles. The van der Waals surface area contributed by atoms with E-state index in [2.05, 4.69) is 34.8 Å². The van der Waals surface area contributed by atoms with Crippen molar-refractivity contribution in [2.75, 3.05) is 0 Å². The minimum Gasteiger partial charge on any atom is -0.274 e. The third-order valence-electron chi connectivity index (χ3n) is 0.997. The maximum atomic E-state index is 12.5. The molecule has 0 aromatic rings. The highest BCUT2D eigenvalue weighted by Gasteiger charge is 2.72. The van der Waals surface area contributed by atoms with Crippen molar-refractivity contribution in [1.82, 2.24) is 0 Å². The van der Waals surface area contributed by atoms with Crippen LogP contribution < -0.4 is 0 Å². The first-order valence-corrected chi connectivity index (χ1v) is 3.60. The molecule has 0 aromatic heterocycles. The van der Waals surface area contributed by atoms with Crippen LogP contribution in [0.4, 0.5) is 22.0 Å². The Bertz CT molecular complexity index is 222. The van der Waals surface area contributed by atoms with Gasteiger partial charge in [0.25, 0.3) is 5.24 Å². The molecule has 0 N–H and O–H groups in total. The highest BCUT2D eigenvalue weighted by atomic mass is 35.5. The van der Waals surface area contributed by atoms with E-state index in [1.165, 1.54) is 0 Å². The summed E-state index contributed by atoms with van der Waals surface area (Å²) in [4.78, 5) is 9.86. The van der Waals surface area contributed by atoms with Crippen molar-refractivity contribution in [3.8, 4) is 0 Å². The second-order valence-corrected chi connectivity index (χ2v) is 3.26. The molecule has 0 bridgehead atoms. The lowest BCUT2D eigenvalue weighted by atomic mass is 10.2. The van der Waals surface area contributed by atoms with Crippen LogP contribution in [-0.2, 0) is 4.79 Å². The van der Waals surface area contributed by atoms with Gasteiger partial charge in [-0.15, -0.1) is 0 Å². The van der Waals surface area contributed by atoms with Crippen LogP contribution in [0.25, 0.3) is 0 Å². The molecule has 0 saturated carbocycles. The van der Waals surface area contributed by atoms with E-state index in [-0.39, 0.29) is 0 Å². The van der Waals surface area contributed by atoms with Gasteiger partial charge in [-0.25, -0.2) is 4.39 Å². The lowest BCUT2D eigenvalue weighted by Crippen LogP contribution is -2.53. The molecule has 0 radical (unpaired) electrons. The van der Waals surface area contributed by atoms with Gasteiger partial charge >= 0.3 is 16.4 Å². The Morgan fingerprint density at radius 3 is 1.38 bits per heavy atom. The summed E-state index contributed by atoms with van der Waals surface area (Å²) in [7, 11) is 0. The average Bonchev–Trinajstić information content (AvgIpc) is 1.84. The molecule has 0 saturated heterocycles. The van der Waals surface area contributed by atoms with E-state index in [0.717, 1.165) is 0 Å². The summed E-state index contributed by atoms with van der Waals surface area (Å²) >= 11 is 12.2. The SMILES string of the molecule is O=C(Cl)C(F)(F)C(F)(Cl)C(F)(F)Cl. The van der Waals surface area contributed by atoms with Crippen LogP contribution in [0.15, 0.2) is 0 Å². The van der Waals surface area contributed by atoms with Gasteiger partial charge in [0.2, 0.25) is 0 Å². The fourth-order valence-electron chi connectivity index (χ4n) is 0.301. The molecule has 9 heteroatoms. The molecular weight excluding hydrogens is 265 g/mol. The molecule has 0 aromatic carbocycles. The summed E-state index contributed by atoms with van der Waals surface area (Å²) in [5, 5.41) is -12.8. The lowest BCUT2D eigenvalue weighted by Gasteiger charge is -2.27. The van der Waals surface area contributed by atoms with Gasteiger partial charge in [-0.1, -0.05) is 11.6 Å². The Morgan fingerprint density at radius 1 is 1.00 bits per heavy atom. The van der Waals surface area contributed by atoms with Crippen molar-refractivity contribution in [2.24, 2.45) is 0 Å². The fraction of sp³-hybridized carbons (Fsp3) is 0.750. The standard InChI is InChI=1S/C4Cl3F5O/c5-1(13)2(8,9)3(6,10)4(7,11)12. The Hall–Kier alpha value is 0.190. The van der Waals surface area contributed by atoms with E-state index in [1.807, 2.05) is 0 Å². The zero-order valence-corrected chi connectivity index (χ0v) is 7.70. The largest absolute Gasteiger partial charge is 0.375 e. The van der Waals surface area contributed by atoms with Gasteiger partial charge in [0.15, 0.2) is 0 Å². The monoisotopic (exact) mass is 264 g/mol. The van der Waals surface area contributed by atoms with E-state index in [0.29, 0.717) is 0 Å². The normalized spacial score (nSPS) is 18.2. The van der Waals surface area contributed by atoms with Gasteiger partial charge in [-0.2, -0.15) is 17.6 Å². The van der Waals surface area contributed by atoms with Crippen molar-refractivity contribution >= 4 is 40.0 Å². The number of halogens is 8. The molecular formula is C4Cl3F5O. The number of rotatable bonds is 3. The third kappa shape index (κ3) is 2.16. The molecule has 0 spiro atoms. The number of carbonyl (C=O) groups is 1. The van der Waals surface area contributed by atoms with Gasteiger partial charge in [0.05, 0.1) is 0 Å². The van der Waals surface area contributed by atoms with Crippen molar-refractivity contribution in [2.45, 2.75) is 16.4 Å². The minimum atomic E-state index is -5.28. The molecule has 0 rings (SSSR count). The third-order valence-corrected chi connectivity index (χ3v) is 2.07. The van der Waals surface area contributed by atoms with Crippen LogP contribution in [0.5, 0.6) is 0 Å². The highest BCUT2D eigenvalue weighted by molar-refractivity contribution is 6.66. The van der Waals surface area contributed by atoms with Crippen LogP contribution in [0, 0.1) is 0 Å². The summed E-state index contributed by atoms with van der Waals surface area (Å²) in [6.07, 6.45) is 0. The highest BCUT2D eigenvalue weighted by Crippen LogP contribution is 2.50. The average molecular weight is 265 g/mol. The van der Waals surface area contributed by atoms with Crippen molar-refractivity contribution in [1.29, 1.82) is 0 Å². The van der Waals surface area contributed by atoms with E-state index in [4.69, 9.17) is 0 Å². The predicted octanol–water partition coefficient (Wildman–Crippen LogP) is 3.12. The minimum absolute atomic E-state index is 2.66. The van der Waals surface area contributed by atoms with Crippen LogP contribution in [-0.4, -0.2) is 21.7 Å². The molecule has 0 amide bonds.